The van der Waals surface area contributed by atoms with Crippen molar-refractivity contribution < 1.29 is 9.16 Å². The molecule has 0 radical (unpaired) electrons. The molecule has 102 valence electrons. The molecule has 0 spiro atoms. The Kier molecular flexibility index (Phi) is 6.43. The Morgan fingerprint density at radius 3 is 2.33 bits per heavy atom. The predicted molar refractivity (Wildman–Crippen MR) is 80.1 cm³/mol. The fraction of sp³-hybridized carbons (Fsp3) is 0.600. The molecule has 1 rings (SSSR count). The molecule has 2 nitrogen and oxygen atoms in total. The Balaban J connectivity index is 2.32. The zero-order valence-corrected chi connectivity index (χ0v) is 13.6. The molecule has 0 unspecified atom stereocenters. The Morgan fingerprint density at radius 1 is 1.11 bits per heavy atom. The summed E-state index contributed by atoms with van der Waals surface area (Å²) in [5.74, 6) is 0.954. The summed E-state index contributed by atoms with van der Waals surface area (Å²) in [6.45, 7) is 9.16. The normalized spacial score (nSPS) is 12.2. The highest BCUT2D eigenvalue weighted by Gasteiger charge is 2.11. The lowest BCUT2D eigenvalue weighted by molar-refractivity contribution is 0.131. The third-order valence-electron chi connectivity index (χ3n) is 2.56. The molecule has 0 saturated heterocycles. The molecular formula is C15H26O2Si. The highest BCUT2D eigenvalue weighted by Crippen LogP contribution is 2.19. The van der Waals surface area contributed by atoms with Gasteiger partial charge >= 0.3 is 0 Å². The molecule has 1 aromatic rings. The van der Waals surface area contributed by atoms with E-state index < -0.39 is 0 Å². The van der Waals surface area contributed by atoms with Crippen LogP contribution in [0.4, 0.5) is 0 Å². The number of ether oxygens (including phenoxy) is 1. The van der Waals surface area contributed by atoms with Crippen LogP contribution in [0, 0.1) is 0 Å². The lowest BCUT2D eigenvalue weighted by atomic mass is 10.1. The van der Waals surface area contributed by atoms with Crippen molar-refractivity contribution in [1.82, 2.24) is 0 Å². The Morgan fingerprint density at radius 2 is 1.78 bits per heavy atom. The minimum atomic E-state index is -0.260. The van der Waals surface area contributed by atoms with Crippen LogP contribution in [0.2, 0.25) is 6.04 Å². The van der Waals surface area contributed by atoms with Crippen LogP contribution in [0.25, 0.3) is 0 Å². The fourth-order valence-corrected chi connectivity index (χ4v) is 2.70. The van der Waals surface area contributed by atoms with Gasteiger partial charge in [-0.25, -0.2) is 0 Å². The maximum absolute atomic E-state index is 5.80. The number of hydrogen-bond acceptors (Lipinski definition) is 2. The van der Waals surface area contributed by atoms with Crippen LogP contribution in [0.3, 0.4) is 0 Å². The lowest BCUT2D eigenvalue weighted by Gasteiger charge is -2.21. The van der Waals surface area contributed by atoms with Gasteiger partial charge in [-0.05, 0) is 57.9 Å². The van der Waals surface area contributed by atoms with Gasteiger partial charge in [0.2, 0.25) is 0 Å². The number of aryl methyl sites for hydroxylation is 1. The molecular weight excluding hydrogens is 240 g/mol. The van der Waals surface area contributed by atoms with E-state index in [4.69, 9.17) is 9.16 Å². The zero-order chi connectivity index (χ0) is 13.4. The van der Waals surface area contributed by atoms with Crippen molar-refractivity contribution in [3.05, 3.63) is 29.8 Å². The summed E-state index contributed by atoms with van der Waals surface area (Å²) in [5.41, 5.74) is 1.27. The third-order valence-corrected chi connectivity index (χ3v) is 4.04. The summed E-state index contributed by atoms with van der Waals surface area (Å²) in [7, 11) is -0.260. The second-order valence-electron chi connectivity index (χ2n) is 5.51. The van der Waals surface area contributed by atoms with Crippen LogP contribution in [-0.2, 0) is 10.8 Å². The molecule has 18 heavy (non-hydrogen) atoms. The van der Waals surface area contributed by atoms with E-state index in [-0.39, 0.29) is 15.4 Å². The van der Waals surface area contributed by atoms with Crippen LogP contribution < -0.4 is 4.74 Å². The topological polar surface area (TPSA) is 18.5 Å². The van der Waals surface area contributed by atoms with Gasteiger partial charge in [0.15, 0.2) is 9.76 Å². The summed E-state index contributed by atoms with van der Waals surface area (Å²) in [4.78, 5) is 0. The van der Waals surface area contributed by atoms with Gasteiger partial charge in [-0.15, -0.1) is 0 Å². The minimum absolute atomic E-state index is 0.120. The maximum Gasteiger partial charge on any atom is 0.161 e. The Bertz CT molecular complexity index is 327. The van der Waals surface area contributed by atoms with E-state index >= 15 is 0 Å². The van der Waals surface area contributed by atoms with Crippen LogP contribution in [0.1, 0.15) is 39.7 Å². The van der Waals surface area contributed by atoms with Crippen LogP contribution >= 0.6 is 0 Å². The summed E-state index contributed by atoms with van der Waals surface area (Å²) in [5, 5.41) is 0. The van der Waals surface area contributed by atoms with Crippen LogP contribution in [0.15, 0.2) is 24.3 Å². The van der Waals surface area contributed by atoms with Crippen LogP contribution in [-0.4, -0.2) is 22.0 Å². The standard InChI is InChI=1S/C15H26O2Si/c1-5-16-18-12-6-7-13-8-10-14(11-9-13)17-15(2,3)4/h8-11H,5-7,12,18H2,1-4H3. The van der Waals surface area contributed by atoms with Crippen molar-refractivity contribution in [2.45, 2.75) is 52.2 Å². The van der Waals surface area contributed by atoms with Gasteiger partial charge in [-0.2, -0.15) is 0 Å². The molecule has 0 aliphatic heterocycles. The number of hydrogen-bond donors (Lipinski definition) is 0. The average molecular weight is 266 g/mol. The first-order valence-electron chi connectivity index (χ1n) is 6.87. The highest BCUT2D eigenvalue weighted by molar-refractivity contribution is 6.26. The second-order valence-corrected chi connectivity index (χ2v) is 7.04. The first-order valence-corrected chi connectivity index (χ1v) is 8.44. The summed E-state index contributed by atoms with van der Waals surface area (Å²) < 4.78 is 11.3. The molecule has 0 aliphatic carbocycles. The Hall–Kier alpha value is -0.803. The summed E-state index contributed by atoms with van der Waals surface area (Å²) in [6, 6.07) is 9.75. The average Bonchev–Trinajstić information content (AvgIpc) is 2.29. The van der Waals surface area contributed by atoms with E-state index in [9.17, 15) is 0 Å². The van der Waals surface area contributed by atoms with E-state index in [1.807, 2.05) is 0 Å². The van der Waals surface area contributed by atoms with Gasteiger partial charge in [0.25, 0.3) is 0 Å². The van der Waals surface area contributed by atoms with Crippen molar-refractivity contribution in [1.29, 1.82) is 0 Å². The van der Waals surface area contributed by atoms with Crippen LogP contribution in [0.5, 0.6) is 5.75 Å². The molecule has 0 aromatic heterocycles. The lowest BCUT2D eigenvalue weighted by Crippen LogP contribution is -2.22. The Labute approximate surface area is 114 Å². The van der Waals surface area contributed by atoms with Gasteiger partial charge in [0.05, 0.1) is 0 Å². The molecule has 0 aliphatic rings. The molecule has 0 fully saturated rings. The van der Waals surface area contributed by atoms with Crippen molar-refractivity contribution in [3.8, 4) is 5.75 Å². The summed E-state index contributed by atoms with van der Waals surface area (Å²) in [6.07, 6.45) is 2.39. The number of benzene rings is 1. The maximum atomic E-state index is 5.80. The molecule has 0 saturated carbocycles. The quantitative estimate of drug-likeness (QED) is 0.557. The molecule has 0 atom stereocenters. The molecule has 0 heterocycles. The highest BCUT2D eigenvalue weighted by atomic mass is 28.2. The molecule has 3 heteroatoms. The molecule has 0 N–H and O–H groups in total. The van der Waals surface area contributed by atoms with E-state index in [1.54, 1.807) is 0 Å². The molecule has 0 amide bonds. The van der Waals surface area contributed by atoms with Crippen molar-refractivity contribution >= 4 is 9.76 Å². The zero-order valence-electron chi connectivity index (χ0n) is 12.2. The minimum Gasteiger partial charge on any atom is -0.488 e. The van der Waals surface area contributed by atoms with E-state index in [0.717, 1.165) is 18.8 Å². The monoisotopic (exact) mass is 266 g/mol. The largest absolute Gasteiger partial charge is 0.488 e. The van der Waals surface area contributed by atoms with Crippen molar-refractivity contribution in [2.75, 3.05) is 6.61 Å². The molecule has 0 bridgehead atoms. The first kappa shape index (κ1) is 15.3. The summed E-state index contributed by atoms with van der Waals surface area (Å²) >= 11 is 0. The van der Waals surface area contributed by atoms with E-state index in [2.05, 4.69) is 52.0 Å². The van der Waals surface area contributed by atoms with E-state index in [0.29, 0.717) is 0 Å². The fourth-order valence-electron chi connectivity index (χ4n) is 1.76. The third kappa shape index (κ3) is 6.82. The van der Waals surface area contributed by atoms with Crippen molar-refractivity contribution in [3.63, 3.8) is 0 Å². The number of rotatable bonds is 7. The molecule has 1 aromatic carbocycles. The van der Waals surface area contributed by atoms with E-state index in [1.165, 1.54) is 18.0 Å². The smallest absolute Gasteiger partial charge is 0.161 e. The second kappa shape index (κ2) is 7.59. The first-order chi connectivity index (χ1) is 8.51. The predicted octanol–water partition coefficient (Wildman–Crippen LogP) is 3.34. The van der Waals surface area contributed by atoms with Crippen molar-refractivity contribution in [2.24, 2.45) is 0 Å². The van der Waals surface area contributed by atoms with Gasteiger partial charge in [0.1, 0.15) is 11.4 Å². The van der Waals surface area contributed by atoms with Gasteiger partial charge in [-0.1, -0.05) is 18.6 Å². The van der Waals surface area contributed by atoms with Gasteiger partial charge in [-0.3, -0.25) is 0 Å². The SMILES string of the molecule is CCO[SiH2]CCCc1ccc(OC(C)(C)C)cc1. The van der Waals surface area contributed by atoms with Gasteiger partial charge in [0, 0.05) is 6.61 Å². The van der Waals surface area contributed by atoms with Gasteiger partial charge < -0.3 is 9.16 Å².